The van der Waals surface area contributed by atoms with Crippen molar-refractivity contribution >= 4 is 5.97 Å². The summed E-state index contributed by atoms with van der Waals surface area (Å²) in [6, 6.07) is 4.97. The maximum atomic E-state index is 11.1. The zero-order chi connectivity index (χ0) is 14.7. The van der Waals surface area contributed by atoms with Crippen molar-refractivity contribution in [1.29, 1.82) is 0 Å². The molecule has 0 saturated carbocycles. The van der Waals surface area contributed by atoms with Crippen LogP contribution >= 0.6 is 0 Å². The molecule has 0 aliphatic heterocycles. The molecular weight excluding hydrogens is 260 g/mol. The number of aromatic nitrogens is 2. The summed E-state index contributed by atoms with van der Waals surface area (Å²) in [7, 11) is 0. The Hall–Kier alpha value is -2.37. The van der Waals surface area contributed by atoms with Gasteiger partial charge in [-0.2, -0.15) is 4.98 Å². The number of hydrogen-bond donors (Lipinski definition) is 1. The van der Waals surface area contributed by atoms with E-state index in [1.807, 2.05) is 20.8 Å². The predicted molar refractivity (Wildman–Crippen MR) is 70.9 cm³/mol. The third-order valence-electron chi connectivity index (χ3n) is 2.72. The van der Waals surface area contributed by atoms with Crippen LogP contribution in [-0.4, -0.2) is 21.2 Å². The van der Waals surface area contributed by atoms with Crippen LogP contribution in [0.15, 0.2) is 22.7 Å². The fourth-order valence-corrected chi connectivity index (χ4v) is 1.64. The fourth-order valence-electron chi connectivity index (χ4n) is 1.64. The van der Waals surface area contributed by atoms with E-state index in [1.165, 1.54) is 0 Å². The molecule has 0 atom stereocenters. The zero-order valence-corrected chi connectivity index (χ0v) is 11.6. The van der Waals surface area contributed by atoms with Crippen molar-refractivity contribution in [1.82, 2.24) is 10.1 Å². The topological polar surface area (TPSA) is 85.5 Å². The summed E-state index contributed by atoms with van der Waals surface area (Å²) < 4.78 is 10.5. The van der Waals surface area contributed by atoms with E-state index < -0.39 is 5.97 Å². The molecule has 20 heavy (non-hydrogen) atoms. The quantitative estimate of drug-likeness (QED) is 0.903. The van der Waals surface area contributed by atoms with Crippen molar-refractivity contribution in [2.75, 3.05) is 0 Å². The largest absolute Gasteiger partial charge is 0.483 e. The molecule has 1 aromatic heterocycles. The monoisotopic (exact) mass is 276 g/mol. The molecule has 0 aliphatic rings. The number of ether oxygens (including phenoxy) is 1. The minimum atomic E-state index is -1.03. The average Bonchev–Trinajstić information content (AvgIpc) is 2.86. The Morgan fingerprint density at radius 1 is 1.45 bits per heavy atom. The van der Waals surface area contributed by atoms with Gasteiger partial charge in [0.1, 0.15) is 11.3 Å². The second kappa shape index (κ2) is 5.73. The highest BCUT2D eigenvalue weighted by molar-refractivity contribution is 5.91. The number of aromatic carboxylic acids is 1. The van der Waals surface area contributed by atoms with Gasteiger partial charge in [-0.1, -0.05) is 30.6 Å². The predicted octanol–water partition coefficient (Wildman–Crippen LogP) is 2.78. The van der Waals surface area contributed by atoms with Crippen molar-refractivity contribution in [2.45, 2.75) is 33.3 Å². The van der Waals surface area contributed by atoms with Crippen molar-refractivity contribution in [3.63, 3.8) is 0 Å². The molecule has 0 spiro atoms. The molecule has 0 radical (unpaired) electrons. The average molecular weight is 276 g/mol. The summed E-state index contributed by atoms with van der Waals surface area (Å²) in [5.74, 6) is 0.350. The third kappa shape index (κ3) is 3.14. The lowest BCUT2D eigenvalue weighted by Gasteiger charge is -2.07. The molecule has 2 rings (SSSR count). The maximum Gasteiger partial charge on any atom is 0.339 e. The maximum absolute atomic E-state index is 11.1. The van der Waals surface area contributed by atoms with Crippen LogP contribution in [0.1, 0.15) is 47.4 Å². The molecule has 0 aliphatic carbocycles. The molecule has 1 heterocycles. The SMILES string of the molecule is Cc1ccc(OCc2nc(C(C)C)no2)c(C(=O)O)c1. The lowest BCUT2D eigenvalue weighted by molar-refractivity contribution is 0.0691. The van der Waals surface area contributed by atoms with Crippen molar-refractivity contribution in [3.8, 4) is 5.75 Å². The van der Waals surface area contributed by atoms with Crippen molar-refractivity contribution < 1.29 is 19.2 Å². The van der Waals surface area contributed by atoms with Crippen LogP contribution < -0.4 is 4.74 Å². The second-order valence-electron chi connectivity index (χ2n) is 4.79. The van der Waals surface area contributed by atoms with Crippen LogP contribution in [-0.2, 0) is 6.61 Å². The molecule has 0 saturated heterocycles. The highest BCUT2D eigenvalue weighted by Gasteiger charge is 2.14. The van der Waals surface area contributed by atoms with Crippen LogP contribution in [0, 0.1) is 6.92 Å². The summed E-state index contributed by atoms with van der Waals surface area (Å²) >= 11 is 0. The molecule has 106 valence electrons. The summed E-state index contributed by atoms with van der Waals surface area (Å²) in [4.78, 5) is 15.3. The van der Waals surface area contributed by atoms with Gasteiger partial charge in [0.2, 0.25) is 0 Å². The van der Waals surface area contributed by atoms with E-state index in [2.05, 4.69) is 10.1 Å². The number of carboxylic acids is 1. The van der Waals surface area contributed by atoms with Crippen LogP contribution in [0.5, 0.6) is 5.75 Å². The van der Waals surface area contributed by atoms with Crippen LogP contribution in [0.25, 0.3) is 0 Å². The van der Waals surface area contributed by atoms with Crippen molar-refractivity contribution in [2.24, 2.45) is 0 Å². The van der Waals surface area contributed by atoms with Crippen LogP contribution in [0.3, 0.4) is 0 Å². The molecule has 0 fully saturated rings. The van der Waals surface area contributed by atoms with Gasteiger partial charge in [-0.05, 0) is 19.1 Å². The fraction of sp³-hybridized carbons (Fsp3) is 0.357. The molecule has 6 heteroatoms. The van der Waals surface area contributed by atoms with Gasteiger partial charge in [-0.25, -0.2) is 4.79 Å². The van der Waals surface area contributed by atoms with Gasteiger partial charge in [0.05, 0.1) is 0 Å². The third-order valence-corrected chi connectivity index (χ3v) is 2.72. The summed E-state index contributed by atoms with van der Waals surface area (Å²) in [5, 5.41) is 12.9. The first-order valence-corrected chi connectivity index (χ1v) is 6.26. The highest BCUT2D eigenvalue weighted by atomic mass is 16.5. The minimum Gasteiger partial charge on any atom is -0.483 e. The molecule has 0 unspecified atom stereocenters. The van der Waals surface area contributed by atoms with E-state index in [4.69, 9.17) is 14.4 Å². The van der Waals surface area contributed by atoms with Crippen LogP contribution in [0.2, 0.25) is 0 Å². The molecule has 1 aromatic carbocycles. The second-order valence-corrected chi connectivity index (χ2v) is 4.79. The van der Waals surface area contributed by atoms with Crippen molar-refractivity contribution in [3.05, 3.63) is 41.0 Å². The summed E-state index contributed by atoms with van der Waals surface area (Å²) in [5.41, 5.74) is 0.975. The Balaban J connectivity index is 2.12. The number of benzene rings is 1. The van der Waals surface area contributed by atoms with E-state index in [0.717, 1.165) is 5.56 Å². The van der Waals surface area contributed by atoms with Crippen LogP contribution in [0.4, 0.5) is 0 Å². The Morgan fingerprint density at radius 3 is 2.80 bits per heavy atom. The number of hydrogen-bond acceptors (Lipinski definition) is 5. The number of nitrogens with zero attached hydrogens (tertiary/aromatic N) is 2. The normalized spacial score (nSPS) is 10.8. The van der Waals surface area contributed by atoms with Gasteiger partial charge >= 0.3 is 5.97 Å². The highest BCUT2D eigenvalue weighted by Crippen LogP contribution is 2.21. The standard InChI is InChI=1S/C14H16N2O4/c1-8(2)13-15-12(20-16-13)7-19-11-5-4-9(3)6-10(11)14(17)18/h4-6,8H,7H2,1-3H3,(H,17,18). The molecule has 6 nitrogen and oxygen atoms in total. The van der Waals surface area contributed by atoms with E-state index >= 15 is 0 Å². The number of carbonyl (C=O) groups is 1. The van der Waals surface area contributed by atoms with E-state index in [1.54, 1.807) is 18.2 Å². The Labute approximate surface area is 116 Å². The molecule has 0 bridgehead atoms. The number of aryl methyl sites for hydroxylation is 1. The Morgan fingerprint density at radius 2 is 2.20 bits per heavy atom. The van der Waals surface area contributed by atoms with E-state index in [0.29, 0.717) is 11.7 Å². The van der Waals surface area contributed by atoms with E-state index in [9.17, 15) is 4.79 Å². The number of rotatable bonds is 5. The first kappa shape index (κ1) is 14.0. The summed E-state index contributed by atoms with van der Waals surface area (Å²) in [6.07, 6.45) is 0. The van der Waals surface area contributed by atoms with Gasteiger partial charge in [0.15, 0.2) is 12.4 Å². The summed E-state index contributed by atoms with van der Waals surface area (Å²) in [6.45, 7) is 5.78. The van der Waals surface area contributed by atoms with Gasteiger partial charge in [-0.15, -0.1) is 0 Å². The molecule has 2 aromatic rings. The van der Waals surface area contributed by atoms with Gasteiger partial charge in [-0.3, -0.25) is 0 Å². The number of carboxylic acid groups (broad SMARTS) is 1. The first-order chi connectivity index (χ1) is 9.47. The van der Waals surface area contributed by atoms with Gasteiger partial charge < -0.3 is 14.4 Å². The lowest BCUT2D eigenvalue weighted by Crippen LogP contribution is -2.04. The molecular formula is C14H16N2O4. The van der Waals surface area contributed by atoms with Gasteiger partial charge in [0, 0.05) is 5.92 Å². The smallest absolute Gasteiger partial charge is 0.339 e. The zero-order valence-electron chi connectivity index (χ0n) is 11.6. The van der Waals surface area contributed by atoms with Gasteiger partial charge in [0.25, 0.3) is 5.89 Å². The molecule has 0 amide bonds. The Bertz CT molecular complexity index is 619. The lowest BCUT2D eigenvalue weighted by atomic mass is 10.1. The Kier molecular flexibility index (Phi) is 4.02. The van der Waals surface area contributed by atoms with E-state index in [-0.39, 0.29) is 23.8 Å². The molecule has 1 N–H and O–H groups in total. The minimum absolute atomic E-state index is 0.0447. The first-order valence-electron chi connectivity index (χ1n) is 6.26.